The van der Waals surface area contributed by atoms with Crippen molar-refractivity contribution in [2.75, 3.05) is 6.26 Å². The van der Waals surface area contributed by atoms with Crippen LogP contribution >= 0.6 is 0 Å². The first-order valence-electron chi connectivity index (χ1n) is 3.79. The molecule has 13 heavy (non-hydrogen) atoms. The highest BCUT2D eigenvalue weighted by Gasteiger charge is 2.24. The Morgan fingerprint density at radius 2 is 2.15 bits per heavy atom. The molecule has 4 nitrogen and oxygen atoms in total. The van der Waals surface area contributed by atoms with Gasteiger partial charge in [0.15, 0.2) is 15.6 Å². The van der Waals surface area contributed by atoms with Crippen LogP contribution < -0.4 is 0 Å². The number of rotatable bonds is 3. The van der Waals surface area contributed by atoms with Gasteiger partial charge in [-0.05, 0) is 19.1 Å². The number of hydrogen-bond donors (Lipinski definition) is 1. The van der Waals surface area contributed by atoms with Crippen molar-refractivity contribution in [2.45, 2.75) is 12.2 Å². The minimum absolute atomic E-state index is 0.331. The van der Waals surface area contributed by atoms with Crippen molar-refractivity contribution in [3.63, 3.8) is 0 Å². The maximum absolute atomic E-state index is 11.4. The monoisotopic (exact) mass is 201 g/mol. The maximum atomic E-state index is 11.4. The Morgan fingerprint density at radius 1 is 1.54 bits per heavy atom. The van der Waals surface area contributed by atoms with Crippen LogP contribution in [0.3, 0.4) is 0 Å². The SMILES string of the molecule is CC(C(=O)c1ccc[nH]1)S(C)(=O)=O. The van der Waals surface area contributed by atoms with Crippen LogP contribution in [0.5, 0.6) is 0 Å². The number of carbonyl (C=O) groups is 1. The third-order valence-corrected chi connectivity index (χ3v) is 3.37. The van der Waals surface area contributed by atoms with E-state index in [0.717, 1.165) is 6.26 Å². The van der Waals surface area contributed by atoms with E-state index in [9.17, 15) is 13.2 Å². The summed E-state index contributed by atoms with van der Waals surface area (Å²) in [6.45, 7) is 1.39. The lowest BCUT2D eigenvalue weighted by atomic mass is 10.2. The number of sulfone groups is 1. The van der Waals surface area contributed by atoms with Gasteiger partial charge in [-0.2, -0.15) is 0 Å². The van der Waals surface area contributed by atoms with Gasteiger partial charge in [0.05, 0.1) is 5.69 Å². The predicted octanol–water partition coefficient (Wildman–Crippen LogP) is 0.631. The summed E-state index contributed by atoms with van der Waals surface area (Å²) in [5, 5.41) is -0.980. The molecular formula is C8H11NO3S. The molecule has 0 fully saturated rings. The molecule has 1 unspecified atom stereocenters. The molecule has 0 bridgehead atoms. The second-order valence-electron chi connectivity index (χ2n) is 2.92. The summed E-state index contributed by atoms with van der Waals surface area (Å²) < 4.78 is 22.1. The van der Waals surface area contributed by atoms with Crippen LogP contribution in [0.25, 0.3) is 0 Å². The standard InChI is InChI=1S/C8H11NO3S/c1-6(13(2,11)12)8(10)7-4-3-5-9-7/h3-6,9H,1-2H3. The first-order chi connectivity index (χ1) is 5.93. The second-order valence-corrected chi connectivity index (χ2v) is 5.29. The summed E-state index contributed by atoms with van der Waals surface area (Å²) in [4.78, 5) is 14.1. The molecule has 0 aliphatic carbocycles. The summed E-state index contributed by atoms with van der Waals surface area (Å²) >= 11 is 0. The Hall–Kier alpha value is -1.10. The smallest absolute Gasteiger partial charge is 0.196 e. The van der Waals surface area contributed by atoms with Crippen LogP contribution in [0.4, 0.5) is 0 Å². The zero-order chi connectivity index (χ0) is 10.1. The van der Waals surface area contributed by atoms with Gasteiger partial charge in [-0.15, -0.1) is 0 Å². The second kappa shape index (κ2) is 3.33. The van der Waals surface area contributed by atoms with Gasteiger partial charge in [-0.25, -0.2) is 8.42 Å². The summed E-state index contributed by atoms with van der Waals surface area (Å²) in [6.07, 6.45) is 2.64. The van der Waals surface area contributed by atoms with E-state index in [1.54, 1.807) is 18.3 Å². The van der Waals surface area contributed by atoms with Gasteiger partial charge >= 0.3 is 0 Å². The van der Waals surface area contributed by atoms with Gasteiger partial charge in [0.25, 0.3) is 0 Å². The molecule has 0 aliphatic heterocycles. The van der Waals surface area contributed by atoms with Crippen molar-refractivity contribution < 1.29 is 13.2 Å². The van der Waals surface area contributed by atoms with Crippen molar-refractivity contribution in [3.8, 4) is 0 Å². The van der Waals surface area contributed by atoms with Gasteiger partial charge in [0.1, 0.15) is 5.25 Å². The Bertz CT molecular complexity index is 391. The van der Waals surface area contributed by atoms with Crippen LogP contribution in [-0.2, 0) is 9.84 Å². The number of H-pyrrole nitrogens is 1. The van der Waals surface area contributed by atoms with Crippen molar-refractivity contribution in [3.05, 3.63) is 24.0 Å². The molecule has 1 N–H and O–H groups in total. The molecule has 0 saturated carbocycles. The number of nitrogens with one attached hydrogen (secondary N) is 1. The summed E-state index contributed by atoms with van der Waals surface area (Å²) in [5.74, 6) is -0.396. The van der Waals surface area contributed by atoms with E-state index in [-0.39, 0.29) is 0 Å². The zero-order valence-corrected chi connectivity index (χ0v) is 8.26. The molecule has 0 radical (unpaired) electrons. The Labute approximate surface area is 76.9 Å². The molecular weight excluding hydrogens is 190 g/mol. The van der Waals surface area contributed by atoms with Gasteiger partial charge in [-0.3, -0.25) is 4.79 Å². The number of aromatic amines is 1. The average Bonchev–Trinajstić information content (AvgIpc) is 2.51. The summed E-state index contributed by atoms with van der Waals surface area (Å²) in [7, 11) is -3.30. The highest BCUT2D eigenvalue weighted by molar-refractivity contribution is 7.92. The van der Waals surface area contributed by atoms with Crippen molar-refractivity contribution >= 4 is 15.6 Å². The lowest BCUT2D eigenvalue weighted by Crippen LogP contribution is -2.26. The molecule has 0 aromatic carbocycles. The molecule has 0 amide bonds. The van der Waals surface area contributed by atoms with Crippen LogP contribution in [0.15, 0.2) is 18.3 Å². The number of carbonyl (C=O) groups excluding carboxylic acids is 1. The summed E-state index contributed by atoms with van der Waals surface area (Å²) in [6, 6.07) is 3.21. The number of ketones is 1. The van der Waals surface area contributed by atoms with Crippen LogP contribution in [0.1, 0.15) is 17.4 Å². The topological polar surface area (TPSA) is 67.0 Å². The van der Waals surface area contributed by atoms with Crippen LogP contribution in [0, 0.1) is 0 Å². The quantitative estimate of drug-likeness (QED) is 0.729. The van der Waals surface area contributed by atoms with E-state index in [4.69, 9.17) is 0 Å². The van der Waals surface area contributed by atoms with Crippen molar-refractivity contribution in [2.24, 2.45) is 0 Å². The number of Topliss-reactive ketones (excluding diaryl/α,β-unsaturated/α-hetero) is 1. The minimum Gasteiger partial charge on any atom is -0.359 e. The molecule has 0 saturated heterocycles. The third kappa shape index (κ3) is 2.18. The van der Waals surface area contributed by atoms with Gasteiger partial charge in [0.2, 0.25) is 0 Å². The Morgan fingerprint density at radius 3 is 2.54 bits per heavy atom. The van der Waals surface area contributed by atoms with Crippen molar-refractivity contribution in [1.29, 1.82) is 0 Å². The van der Waals surface area contributed by atoms with Crippen LogP contribution in [-0.4, -0.2) is 30.7 Å². The van der Waals surface area contributed by atoms with Gasteiger partial charge < -0.3 is 4.98 Å². The van der Waals surface area contributed by atoms with E-state index in [1.807, 2.05) is 0 Å². The van der Waals surface area contributed by atoms with E-state index in [2.05, 4.69) is 4.98 Å². The zero-order valence-electron chi connectivity index (χ0n) is 7.44. The van der Waals surface area contributed by atoms with Gasteiger partial charge in [-0.1, -0.05) is 0 Å². The van der Waals surface area contributed by atoms with E-state index >= 15 is 0 Å². The largest absolute Gasteiger partial charge is 0.359 e. The third-order valence-electron chi connectivity index (χ3n) is 1.87. The lowest BCUT2D eigenvalue weighted by molar-refractivity contribution is 0.0987. The average molecular weight is 201 g/mol. The van der Waals surface area contributed by atoms with Crippen LogP contribution in [0.2, 0.25) is 0 Å². The van der Waals surface area contributed by atoms with Crippen molar-refractivity contribution in [1.82, 2.24) is 4.98 Å². The number of hydrogen-bond acceptors (Lipinski definition) is 3. The Balaban J connectivity index is 2.94. The number of aromatic nitrogens is 1. The molecule has 0 spiro atoms. The van der Waals surface area contributed by atoms with E-state index in [1.165, 1.54) is 6.92 Å². The molecule has 72 valence electrons. The normalized spacial score (nSPS) is 14.0. The molecule has 1 rings (SSSR count). The van der Waals surface area contributed by atoms with Gasteiger partial charge in [0, 0.05) is 12.5 Å². The first kappa shape index (κ1) is 9.98. The fourth-order valence-electron chi connectivity index (χ4n) is 0.897. The fraction of sp³-hybridized carbons (Fsp3) is 0.375. The molecule has 1 aromatic heterocycles. The lowest BCUT2D eigenvalue weighted by Gasteiger charge is -2.05. The highest BCUT2D eigenvalue weighted by Crippen LogP contribution is 2.06. The Kier molecular flexibility index (Phi) is 2.56. The van der Waals surface area contributed by atoms with E-state index < -0.39 is 20.9 Å². The molecule has 1 atom stereocenters. The minimum atomic E-state index is -3.30. The highest BCUT2D eigenvalue weighted by atomic mass is 32.2. The predicted molar refractivity (Wildman–Crippen MR) is 49.4 cm³/mol. The first-order valence-corrected chi connectivity index (χ1v) is 5.75. The fourth-order valence-corrected chi connectivity index (χ4v) is 1.41. The molecule has 0 aliphatic rings. The molecule has 1 aromatic rings. The van der Waals surface area contributed by atoms with E-state index in [0.29, 0.717) is 5.69 Å². The summed E-state index contributed by atoms with van der Waals surface area (Å²) in [5.41, 5.74) is 0.331. The molecule has 1 heterocycles. The molecule has 5 heteroatoms. The maximum Gasteiger partial charge on any atom is 0.196 e.